The Kier molecular flexibility index (Phi) is 7.35. The summed E-state index contributed by atoms with van der Waals surface area (Å²) in [6, 6.07) is 4.39. The summed E-state index contributed by atoms with van der Waals surface area (Å²) in [6.07, 6.45) is 5.33. The van der Waals surface area contributed by atoms with E-state index in [-0.39, 0.29) is 5.91 Å². The summed E-state index contributed by atoms with van der Waals surface area (Å²) in [6.45, 7) is 0.644. The Hall–Kier alpha value is -0.550. The Labute approximate surface area is 120 Å². The number of halogens is 2. The molecule has 0 bridgehead atoms. The van der Waals surface area contributed by atoms with E-state index in [9.17, 15) is 9.18 Å². The van der Waals surface area contributed by atoms with Crippen molar-refractivity contribution >= 4 is 33.6 Å². The number of unbranched alkanes of at least 4 members (excludes halogenated alkanes) is 2. The van der Waals surface area contributed by atoms with Gasteiger partial charge in [0, 0.05) is 12.1 Å². The van der Waals surface area contributed by atoms with E-state index in [4.69, 9.17) is 0 Å². The van der Waals surface area contributed by atoms with Gasteiger partial charge in [0.1, 0.15) is 5.82 Å². The molecule has 1 rings (SSSR count). The van der Waals surface area contributed by atoms with E-state index in [0.29, 0.717) is 16.6 Å². The van der Waals surface area contributed by atoms with Gasteiger partial charge in [0.05, 0.1) is 4.47 Å². The number of amides is 1. The molecule has 100 valence electrons. The topological polar surface area (TPSA) is 29.1 Å². The third-order valence-corrected chi connectivity index (χ3v) is 3.83. The number of rotatable bonds is 7. The smallest absolute Gasteiger partial charge is 0.251 e. The zero-order chi connectivity index (χ0) is 13.4. The van der Waals surface area contributed by atoms with Gasteiger partial charge in [0.2, 0.25) is 0 Å². The van der Waals surface area contributed by atoms with Gasteiger partial charge in [-0.05, 0) is 59.0 Å². The number of carbonyl (C=O) groups is 1. The zero-order valence-corrected chi connectivity index (χ0v) is 12.7. The molecule has 0 heterocycles. The molecule has 0 fully saturated rings. The van der Waals surface area contributed by atoms with Crippen LogP contribution in [0.15, 0.2) is 22.7 Å². The number of carbonyl (C=O) groups excluding carboxylic acids is 1. The molecule has 1 N–H and O–H groups in total. The van der Waals surface area contributed by atoms with E-state index in [0.717, 1.165) is 18.6 Å². The van der Waals surface area contributed by atoms with E-state index >= 15 is 0 Å². The second-order valence-electron chi connectivity index (χ2n) is 3.94. The van der Waals surface area contributed by atoms with Crippen molar-refractivity contribution < 1.29 is 9.18 Å². The Bertz CT molecular complexity index is 401. The molecule has 0 saturated heterocycles. The van der Waals surface area contributed by atoms with Gasteiger partial charge in [-0.1, -0.05) is 6.42 Å². The van der Waals surface area contributed by atoms with Crippen LogP contribution in [0.4, 0.5) is 4.39 Å². The molecular weight excluding hydrogens is 317 g/mol. The number of nitrogens with one attached hydrogen (secondary N) is 1. The van der Waals surface area contributed by atoms with Gasteiger partial charge in [-0.15, -0.1) is 0 Å². The van der Waals surface area contributed by atoms with Crippen molar-refractivity contribution in [3.05, 3.63) is 34.1 Å². The van der Waals surface area contributed by atoms with Crippen LogP contribution in [0.3, 0.4) is 0 Å². The lowest BCUT2D eigenvalue weighted by molar-refractivity contribution is 0.0952. The van der Waals surface area contributed by atoms with Crippen molar-refractivity contribution in [3.63, 3.8) is 0 Å². The van der Waals surface area contributed by atoms with Crippen LogP contribution in [0.5, 0.6) is 0 Å². The predicted molar refractivity (Wildman–Crippen MR) is 78.7 cm³/mol. The highest BCUT2D eigenvalue weighted by atomic mass is 79.9. The number of benzene rings is 1. The molecule has 0 aromatic heterocycles. The molecule has 0 aliphatic carbocycles. The summed E-state index contributed by atoms with van der Waals surface area (Å²) in [4.78, 5) is 11.7. The molecule has 0 saturated carbocycles. The van der Waals surface area contributed by atoms with Crippen LogP contribution in [0.2, 0.25) is 0 Å². The minimum absolute atomic E-state index is 0.216. The van der Waals surface area contributed by atoms with Crippen molar-refractivity contribution in [2.75, 3.05) is 18.6 Å². The molecule has 0 radical (unpaired) electrons. The fraction of sp³-hybridized carbons (Fsp3) is 0.462. The molecule has 1 amide bonds. The molecular formula is C13H17BrFNOS. The van der Waals surface area contributed by atoms with E-state index in [1.807, 2.05) is 11.8 Å². The molecule has 1 aromatic carbocycles. The second-order valence-corrected chi connectivity index (χ2v) is 5.78. The van der Waals surface area contributed by atoms with Crippen LogP contribution in [0, 0.1) is 5.82 Å². The molecule has 18 heavy (non-hydrogen) atoms. The summed E-state index contributed by atoms with van der Waals surface area (Å²) < 4.78 is 13.6. The minimum atomic E-state index is -0.414. The maximum atomic E-state index is 13.2. The third-order valence-electron chi connectivity index (χ3n) is 2.49. The van der Waals surface area contributed by atoms with Crippen molar-refractivity contribution in [2.24, 2.45) is 0 Å². The van der Waals surface area contributed by atoms with Crippen LogP contribution >= 0.6 is 27.7 Å². The molecule has 0 unspecified atom stereocenters. The first-order valence-electron chi connectivity index (χ1n) is 5.87. The first-order valence-corrected chi connectivity index (χ1v) is 8.06. The van der Waals surface area contributed by atoms with E-state index in [1.165, 1.54) is 12.5 Å². The largest absolute Gasteiger partial charge is 0.352 e. The maximum absolute atomic E-state index is 13.2. The molecule has 1 aromatic rings. The van der Waals surface area contributed by atoms with Gasteiger partial charge < -0.3 is 5.32 Å². The highest BCUT2D eigenvalue weighted by molar-refractivity contribution is 9.10. The SMILES string of the molecule is CSCCCCCNC(=O)c1ccc(Br)c(F)c1. The molecule has 0 atom stereocenters. The Morgan fingerprint density at radius 1 is 1.39 bits per heavy atom. The highest BCUT2D eigenvalue weighted by Crippen LogP contribution is 2.16. The van der Waals surface area contributed by atoms with Gasteiger partial charge >= 0.3 is 0 Å². The number of thioether (sulfide) groups is 1. The second kappa shape index (κ2) is 8.53. The molecule has 0 aliphatic heterocycles. The fourth-order valence-corrected chi connectivity index (χ4v) is 2.23. The molecule has 2 nitrogen and oxygen atoms in total. The summed E-state index contributed by atoms with van der Waals surface area (Å²) in [5.41, 5.74) is 0.361. The molecule has 0 aliphatic rings. The van der Waals surface area contributed by atoms with Gasteiger partial charge in [-0.2, -0.15) is 11.8 Å². The van der Waals surface area contributed by atoms with Crippen LogP contribution in [0.1, 0.15) is 29.6 Å². The van der Waals surface area contributed by atoms with Crippen molar-refractivity contribution in [3.8, 4) is 0 Å². The zero-order valence-electron chi connectivity index (χ0n) is 10.3. The van der Waals surface area contributed by atoms with Crippen LogP contribution in [-0.4, -0.2) is 24.5 Å². The minimum Gasteiger partial charge on any atom is -0.352 e. The number of hydrogen-bond donors (Lipinski definition) is 1. The lowest BCUT2D eigenvalue weighted by Gasteiger charge is -2.05. The lowest BCUT2D eigenvalue weighted by Crippen LogP contribution is -2.24. The van der Waals surface area contributed by atoms with Crippen LogP contribution in [0.25, 0.3) is 0 Å². The lowest BCUT2D eigenvalue weighted by atomic mass is 10.2. The fourth-order valence-electron chi connectivity index (χ4n) is 1.49. The average Bonchev–Trinajstić information content (AvgIpc) is 2.36. The Morgan fingerprint density at radius 2 is 2.17 bits per heavy atom. The van der Waals surface area contributed by atoms with Gasteiger partial charge in [-0.25, -0.2) is 4.39 Å². The monoisotopic (exact) mass is 333 g/mol. The molecule has 0 spiro atoms. The Balaban J connectivity index is 2.30. The first-order chi connectivity index (χ1) is 8.65. The summed E-state index contributed by atoms with van der Waals surface area (Å²) in [5.74, 6) is 0.528. The van der Waals surface area contributed by atoms with E-state index in [2.05, 4.69) is 27.5 Å². The molecule has 5 heteroatoms. The summed E-state index contributed by atoms with van der Waals surface area (Å²) in [7, 11) is 0. The first kappa shape index (κ1) is 15.5. The quantitative estimate of drug-likeness (QED) is 0.768. The van der Waals surface area contributed by atoms with Gasteiger partial charge in [0.15, 0.2) is 0 Å². The normalized spacial score (nSPS) is 10.4. The van der Waals surface area contributed by atoms with Crippen LogP contribution < -0.4 is 5.32 Å². The highest BCUT2D eigenvalue weighted by Gasteiger charge is 2.07. The predicted octanol–water partition coefficient (Wildman–Crippen LogP) is 3.85. The Morgan fingerprint density at radius 3 is 2.83 bits per heavy atom. The van der Waals surface area contributed by atoms with Crippen molar-refractivity contribution in [1.29, 1.82) is 0 Å². The average molecular weight is 334 g/mol. The van der Waals surface area contributed by atoms with E-state index in [1.54, 1.807) is 12.1 Å². The third kappa shape index (κ3) is 5.40. The van der Waals surface area contributed by atoms with Crippen molar-refractivity contribution in [2.45, 2.75) is 19.3 Å². The standard InChI is InChI=1S/C13H17BrFNOS/c1-18-8-4-2-3-7-16-13(17)10-5-6-11(14)12(15)9-10/h5-6,9H,2-4,7-8H2,1H3,(H,16,17). The van der Waals surface area contributed by atoms with Gasteiger partial charge in [0.25, 0.3) is 5.91 Å². The summed E-state index contributed by atoms with van der Waals surface area (Å²) in [5, 5.41) is 2.79. The number of hydrogen-bond acceptors (Lipinski definition) is 2. The van der Waals surface area contributed by atoms with E-state index < -0.39 is 5.82 Å². The summed E-state index contributed by atoms with van der Waals surface area (Å²) >= 11 is 4.89. The van der Waals surface area contributed by atoms with Crippen LogP contribution in [-0.2, 0) is 0 Å². The van der Waals surface area contributed by atoms with Crippen molar-refractivity contribution in [1.82, 2.24) is 5.32 Å². The van der Waals surface area contributed by atoms with Gasteiger partial charge in [-0.3, -0.25) is 4.79 Å². The maximum Gasteiger partial charge on any atom is 0.251 e.